The number of alkyl halides is 1. The van der Waals surface area contributed by atoms with E-state index in [0.29, 0.717) is 6.42 Å². The zero-order chi connectivity index (χ0) is 11.3. The van der Waals surface area contributed by atoms with Crippen molar-refractivity contribution in [3.05, 3.63) is 34.9 Å². The van der Waals surface area contributed by atoms with Crippen LogP contribution < -0.4 is 0 Å². The SMILES string of the molecule is COC(=O)CC(Br)Cc1ccc(Cl)cc1. The molecule has 1 unspecified atom stereocenters. The summed E-state index contributed by atoms with van der Waals surface area (Å²) < 4.78 is 4.59. The number of esters is 1. The fourth-order valence-corrected chi connectivity index (χ4v) is 1.98. The highest BCUT2D eigenvalue weighted by Crippen LogP contribution is 2.16. The average molecular weight is 292 g/mol. The van der Waals surface area contributed by atoms with Crippen LogP contribution in [0.5, 0.6) is 0 Å². The summed E-state index contributed by atoms with van der Waals surface area (Å²) in [7, 11) is 1.39. The van der Waals surface area contributed by atoms with Crippen LogP contribution in [0.2, 0.25) is 5.02 Å². The van der Waals surface area contributed by atoms with E-state index in [1.807, 2.05) is 24.3 Å². The van der Waals surface area contributed by atoms with E-state index >= 15 is 0 Å². The average Bonchev–Trinajstić information content (AvgIpc) is 2.21. The summed E-state index contributed by atoms with van der Waals surface area (Å²) in [6.07, 6.45) is 1.16. The highest BCUT2D eigenvalue weighted by molar-refractivity contribution is 9.09. The molecule has 0 aromatic heterocycles. The van der Waals surface area contributed by atoms with Gasteiger partial charge in [-0.3, -0.25) is 4.79 Å². The van der Waals surface area contributed by atoms with Crippen LogP contribution in [0.15, 0.2) is 24.3 Å². The molecule has 4 heteroatoms. The summed E-state index contributed by atoms with van der Waals surface area (Å²) in [6.45, 7) is 0. The first-order valence-electron chi connectivity index (χ1n) is 4.57. The molecule has 82 valence electrons. The van der Waals surface area contributed by atoms with Crippen molar-refractivity contribution in [2.45, 2.75) is 17.7 Å². The summed E-state index contributed by atoms with van der Waals surface area (Å²) in [6, 6.07) is 7.59. The molecule has 0 saturated carbocycles. The molecule has 1 aromatic carbocycles. The van der Waals surface area contributed by atoms with Crippen molar-refractivity contribution < 1.29 is 9.53 Å². The van der Waals surface area contributed by atoms with E-state index in [2.05, 4.69) is 20.7 Å². The third-order valence-corrected chi connectivity index (χ3v) is 2.89. The zero-order valence-corrected chi connectivity index (χ0v) is 10.7. The molecule has 0 aliphatic rings. The van der Waals surface area contributed by atoms with E-state index in [-0.39, 0.29) is 10.8 Å². The predicted molar refractivity (Wildman–Crippen MR) is 64.5 cm³/mol. The quantitative estimate of drug-likeness (QED) is 0.629. The van der Waals surface area contributed by atoms with Gasteiger partial charge in [0.25, 0.3) is 0 Å². The van der Waals surface area contributed by atoms with Gasteiger partial charge in [-0.05, 0) is 24.1 Å². The normalized spacial score (nSPS) is 12.2. The molecule has 0 saturated heterocycles. The van der Waals surface area contributed by atoms with Gasteiger partial charge in [0, 0.05) is 9.85 Å². The second-order valence-electron chi connectivity index (χ2n) is 3.21. The molecule has 0 radical (unpaired) electrons. The van der Waals surface area contributed by atoms with Crippen LogP contribution in [-0.4, -0.2) is 17.9 Å². The number of carbonyl (C=O) groups excluding carboxylic acids is 1. The summed E-state index contributed by atoms with van der Waals surface area (Å²) >= 11 is 9.21. The number of methoxy groups -OCH3 is 1. The van der Waals surface area contributed by atoms with Gasteiger partial charge in [-0.25, -0.2) is 0 Å². The molecule has 0 fully saturated rings. The van der Waals surface area contributed by atoms with E-state index in [9.17, 15) is 4.79 Å². The van der Waals surface area contributed by atoms with Gasteiger partial charge < -0.3 is 4.74 Å². The second-order valence-corrected chi connectivity index (χ2v) is 4.94. The Bertz CT molecular complexity index is 324. The van der Waals surface area contributed by atoms with Crippen LogP contribution in [0.25, 0.3) is 0 Å². The van der Waals surface area contributed by atoms with Gasteiger partial charge in [-0.2, -0.15) is 0 Å². The van der Waals surface area contributed by atoms with Crippen molar-refractivity contribution >= 4 is 33.5 Å². The fourth-order valence-electron chi connectivity index (χ4n) is 1.21. The lowest BCUT2D eigenvalue weighted by Gasteiger charge is -2.08. The van der Waals surface area contributed by atoms with Gasteiger partial charge >= 0.3 is 5.97 Å². The maximum absolute atomic E-state index is 11.0. The van der Waals surface area contributed by atoms with Crippen LogP contribution >= 0.6 is 27.5 Å². The third-order valence-electron chi connectivity index (χ3n) is 1.99. The van der Waals surface area contributed by atoms with Crippen molar-refractivity contribution in [2.75, 3.05) is 7.11 Å². The molecular weight excluding hydrogens is 279 g/mol. The summed E-state index contributed by atoms with van der Waals surface area (Å²) in [5.41, 5.74) is 1.14. The highest BCUT2D eigenvalue weighted by Gasteiger charge is 2.11. The van der Waals surface area contributed by atoms with Crippen LogP contribution in [0.1, 0.15) is 12.0 Å². The molecule has 1 aromatic rings. The van der Waals surface area contributed by atoms with Gasteiger partial charge in [0.2, 0.25) is 0 Å². The molecule has 0 spiro atoms. The maximum Gasteiger partial charge on any atom is 0.306 e. The topological polar surface area (TPSA) is 26.3 Å². The minimum atomic E-state index is -0.203. The van der Waals surface area contributed by atoms with Crippen molar-refractivity contribution in [1.29, 1.82) is 0 Å². The maximum atomic E-state index is 11.0. The van der Waals surface area contributed by atoms with E-state index in [4.69, 9.17) is 11.6 Å². The molecule has 0 bridgehead atoms. The van der Waals surface area contributed by atoms with Crippen molar-refractivity contribution in [3.8, 4) is 0 Å². The Hall–Kier alpha value is -0.540. The molecule has 0 aliphatic carbocycles. The molecule has 0 heterocycles. The Morgan fingerprint density at radius 3 is 2.60 bits per heavy atom. The fraction of sp³-hybridized carbons (Fsp3) is 0.364. The largest absolute Gasteiger partial charge is 0.469 e. The number of benzene rings is 1. The van der Waals surface area contributed by atoms with Crippen LogP contribution in [-0.2, 0) is 16.0 Å². The van der Waals surface area contributed by atoms with Crippen LogP contribution in [0, 0.1) is 0 Å². The summed E-state index contributed by atoms with van der Waals surface area (Å²) in [4.78, 5) is 11.1. The van der Waals surface area contributed by atoms with Gasteiger partial charge in [0.1, 0.15) is 0 Å². The van der Waals surface area contributed by atoms with E-state index < -0.39 is 0 Å². The minimum absolute atomic E-state index is 0.103. The summed E-state index contributed by atoms with van der Waals surface area (Å²) in [5.74, 6) is -0.203. The van der Waals surface area contributed by atoms with Gasteiger partial charge in [0.15, 0.2) is 0 Å². The second kappa shape index (κ2) is 6.13. The van der Waals surface area contributed by atoms with Crippen LogP contribution in [0.3, 0.4) is 0 Å². The Morgan fingerprint density at radius 2 is 2.07 bits per heavy atom. The predicted octanol–water partition coefficient (Wildman–Crippen LogP) is 3.21. The monoisotopic (exact) mass is 290 g/mol. The minimum Gasteiger partial charge on any atom is -0.469 e. The summed E-state index contributed by atoms with van der Waals surface area (Å²) in [5, 5.41) is 0.720. The standard InChI is InChI=1S/C11H12BrClO2/c1-15-11(14)7-9(12)6-8-2-4-10(13)5-3-8/h2-5,9H,6-7H2,1H3. The third kappa shape index (κ3) is 4.67. The first-order chi connectivity index (χ1) is 7.11. The molecule has 1 rings (SSSR count). The van der Waals surface area contributed by atoms with Crippen molar-refractivity contribution in [2.24, 2.45) is 0 Å². The van der Waals surface area contributed by atoms with E-state index in [0.717, 1.165) is 17.0 Å². The Kier molecular flexibility index (Phi) is 5.12. The smallest absolute Gasteiger partial charge is 0.306 e. The Morgan fingerprint density at radius 1 is 1.47 bits per heavy atom. The first-order valence-corrected chi connectivity index (χ1v) is 5.86. The van der Waals surface area contributed by atoms with Crippen molar-refractivity contribution in [1.82, 2.24) is 0 Å². The number of ether oxygens (including phenoxy) is 1. The molecule has 0 N–H and O–H groups in total. The highest BCUT2D eigenvalue weighted by atomic mass is 79.9. The van der Waals surface area contributed by atoms with Gasteiger partial charge in [-0.1, -0.05) is 39.7 Å². The Labute approximate surface area is 103 Å². The molecule has 2 nitrogen and oxygen atoms in total. The molecule has 0 amide bonds. The number of hydrogen-bond donors (Lipinski definition) is 0. The molecule has 1 atom stereocenters. The first kappa shape index (κ1) is 12.5. The number of rotatable bonds is 4. The molecule has 0 aliphatic heterocycles. The van der Waals surface area contributed by atoms with Crippen LogP contribution in [0.4, 0.5) is 0 Å². The lowest BCUT2D eigenvalue weighted by molar-refractivity contribution is -0.140. The lowest BCUT2D eigenvalue weighted by Crippen LogP contribution is -2.11. The number of halogens is 2. The van der Waals surface area contributed by atoms with E-state index in [1.54, 1.807) is 0 Å². The Balaban J connectivity index is 2.47. The van der Waals surface area contributed by atoms with Gasteiger partial charge in [0.05, 0.1) is 13.5 Å². The lowest BCUT2D eigenvalue weighted by atomic mass is 10.1. The molecular formula is C11H12BrClO2. The number of carbonyl (C=O) groups is 1. The van der Waals surface area contributed by atoms with E-state index in [1.165, 1.54) is 7.11 Å². The zero-order valence-electron chi connectivity index (χ0n) is 8.37. The number of hydrogen-bond acceptors (Lipinski definition) is 2. The van der Waals surface area contributed by atoms with Crippen molar-refractivity contribution in [3.63, 3.8) is 0 Å². The molecule has 15 heavy (non-hydrogen) atoms. The van der Waals surface area contributed by atoms with Gasteiger partial charge in [-0.15, -0.1) is 0 Å².